The van der Waals surface area contributed by atoms with Crippen LogP contribution in [-0.2, 0) is 23.7 Å². The van der Waals surface area contributed by atoms with Gasteiger partial charge in [0.15, 0.2) is 12.1 Å². The molecule has 17 atom stereocenters. The van der Waals surface area contributed by atoms with Crippen LogP contribution in [-0.4, -0.2) is 163 Å². The summed E-state index contributed by atoms with van der Waals surface area (Å²) in [6.45, 7) is 4.95. The lowest BCUT2D eigenvalue weighted by Crippen LogP contribution is -2.59. The summed E-state index contributed by atoms with van der Waals surface area (Å²) in [4.78, 5) is 24.8. The molecule has 2 bridgehead atoms. The monoisotopic (exact) mass is 936 g/mol. The van der Waals surface area contributed by atoms with Gasteiger partial charge in [0.1, 0.15) is 12.2 Å². The first-order valence-electron chi connectivity index (χ1n) is 23.0. The summed E-state index contributed by atoms with van der Waals surface area (Å²) in [6, 6.07) is -1.59. The molecule has 18 nitrogen and oxygen atoms in total. The molecule has 3 aliphatic rings. The van der Waals surface area contributed by atoms with Crippen LogP contribution in [0.3, 0.4) is 0 Å². The first-order chi connectivity index (χ1) is 31.3. The lowest BCUT2D eigenvalue weighted by atomic mass is 9.82. The van der Waals surface area contributed by atoms with Gasteiger partial charge in [-0.05, 0) is 38.5 Å². The first-order valence-corrected chi connectivity index (χ1v) is 23.0. The number of cyclic esters (lactones) is 1. The van der Waals surface area contributed by atoms with E-state index in [0.717, 1.165) is 0 Å². The number of nitrogens with two attached hydrogens (primary N) is 1. The lowest BCUT2D eigenvalue weighted by Gasteiger charge is -2.46. The van der Waals surface area contributed by atoms with Crippen molar-refractivity contribution in [3.05, 3.63) is 85.1 Å². The Bertz CT molecular complexity index is 1660. The third-order valence-electron chi connectivity index (χ3n) is 12.0. The van der Waals surface area contributed by atoms with E-state index in [0.29, 0.717) is 6.42 Å². The van der Waals surface area contributed by atoms with Gasteiger partial charge in [-0.1, -0.05) is 98.9 Å². The highest BCUT2D eigenvalue weighted by Crippen LogP contribution is 2.38. The van der Waals surface area contributed by atoms with E-state index in [2.05, 4.69) is 10.6 Å². The van der Waals surface area contributed by atoms with Gasteiger partial charge in [-0.3, -0.25) is 4.79 Å². The van der Waals surface area contributed by atoms with Gasteiger partial charge < -0.3 is 81.3 Å². The summed E-state index contributed by atoms with van der Waals surface area (Å²) >= 11 is 0. The van der Waals surface area contributed by atoms with Crippen molar-refractivity contribution in [2.24, 2.45) is 23.5 Å². The largest absolute Gasteiger partial charge is 0.462 e. The van der Waals surface area contributed by atoms with Crippen LogP contribution in [0.5, 0.6) is 0 Å². The molecule has 0 aromatic heterocycles. The summed E-state index contributed by atoms with van der Waals surface area (Å²) in [5.41, 5.74) is 6.01. The molecule has 2 saturated heterocycles. The number of allylic oxidation sites excluding steroid dienone is 12. The standard InChI is InChI=1S/C48H77N3O15/c1-30-17-15-13-11-9-7-5-6-8-10-12-14-16-18-36(65-46-45(60)44(49)41(58)29-63-46)25-42-37(28-51-47(61)50-4)40(57)27-48(62,66-42)26-35(54)23-39(56)31(2)19-20-33(52)22-34(53)24-43(59)64-32(3)21-38(30)55/h5-18,30-42,44-46,52-58,60,62H,19-29,49H2,1-4H3,(H2,50,51,61)/b6-5+,9-7+,10-8+,13-11+,14-12+,17-15+,18-16+/t30-,31+,32-,33+,34+,35-,36-,37?,38-,39+,40-,41+,42-,44-,45-,46-,48+/m0/s1. The highest BCUT2D eigenvalue weighted by atomic mass is 16.7. The summed E-state index contributed by atoms with van der Waals surface area (Å²) in [6.07, 6.45) is 11.2. The molecular formula is C48H77N3O15. The van der Waals surface area contributed by atoms with Crippen LogP contribution in [0.25, 0.3) is 0 Å². The maximum atomic E-state index is 12.5. The predicted octanol–water partition coefficient (Wildman–Crippen LogP) is 1.20. The summed E-state index contributed by atoms with van der Waals surface area (Å²) in [7, 11) is 1.43. The number of hydrogen-bond donors (Lipinski definition) is 12. The molecule has 0 aromatic rings. The Morgan fingerprint density at radius 1 is 0.742 bits per heavy atom. The number of carbonyl (C=O) groups excluding carboxylic acids is 2. The van der Waals surface area contributed by atoms with Crippen LogP contribution in [0, 0.1) is 17.8 Å². The van der Waals surface area contributed by atoms with Gasteiger partial charge in [-0.2, -0.15) is 0 Å². The molecule has 0 spiro atoms. The number of aliphatic hydroxyl groups excluding tert-OH is 8. The number of fused-ring (bicyclic) bond motifs is 2. The Hall–Kier alpha value is -3.60. The average Bonchev–Trinajstić information content (AvgIpc) is 3.24. The first kappa shape index (κ1) is 56.7. The zero-order valence-corrected chi connectivity index (χ0v) is 38.7. The molecule has 374 valence electrons. The zero-order valence-electron chi connectivity index (χ0n) is 38.7. The second-order valence-corrected chi connectivity index (χ2v) is 17.9. The fraction of sp³-hybridized carbons (Fsp3) is 0.667. The molecule has 0 radical (unpaired) electrons. The Labute approximate surface area is 388 Å². The highest BCUT2D eigenvalue weighted by molar-refractivity contribution is 5.73. The van der Waals surface area contributed by atoms with E-state index < -0.39 is 116 Å². The minimum atomic E-state index is -2.10. The second-order valence-electron chi connectivity index (χ2n) is 17.9. The summed E-state index contributed by atoms with van der Waals surface area (Å²) in [5, 5.41) is 103. The zero-order chi connectivity index (χ0) is 48.8. The van der Waals surface area contributed by atoms with Crippen molar-refractivity contribution in [3.63, 3.8) is 0 Å². The van der Waals surface area contributed by atoms with Crippen molar-refractivity contribution in [1.29, 1.82) is 0 Å². The maximum absolute atomic E-state index is 12.5. The molecule has 18 heteroatoms. The average molecular weight is 936 g/mol. The molecule has 0 saturated carbocycles. The molecule has 2 fully saturated rings. The van der Waals surface area contributed by atoms with E-state index in [1.165, 1.54) is 7.05 Å². The van der Waals surface area contributed by atoms with Crippen molar-refractivity contribution < 1.29 is 74.5 Å². The number of hydrogen-bond acceptors (Lipinski definition) is 16. The maximum Gasteiger partial charge on any atom is 0.314 e. The van der Waals surface area contributed by atoms with Crippen LogP contribution in [0.15, 0.2) is 85.1 Å². The molecule has 13 N–H and O–H groups in total. The van der Waals surface area contributed by atoms with Gasteiger partial charge in [0.2, 0.25) is 0 Å². The molecular weight excluding hydrogens is 859 g/mol. The van der Waals surface area contributed by atoms with E-state index in [4.69, 9.17) is 24.7 Å². The molecule has 3 heterocycles. The van der Waals surface area contributed by atoms with E-state index >= 15 is 0 Å². The smallest absolute Gasteiger partial charge is 0.314 e. The molecule has 0 aliphatic carbocycles. The number of aliphatic hydroxyl groups is 9. The third-order valence-corrected chi connectivity index (χ3v) is 12.0. The predicted molar refractivity (Wildman–Crippen MR) is 246 cm³/mol. The van der Waals surface area contributed by atoms with Gasteiger partial charge in [0.05, 0.1) is 74.0 Å². The van der Waals surface area contributed by atoms with Gasteiger partial charge in [-0.25, -0.2) is 4.79 Å². The Morgan fingerprint density at radius 2 is 1.35 bits per heavy atom. The number of ether oxygens (including phenoxy) is 4. The van der Waals surface area contributed by atoms with Gasteiger partial charge >= 0.3 is 12.0 Å². The number of rotatable bonds is 4. The van der Waals surface area contributed by atoms with Crippen molar-refractivity contribution in [3.8, 4) is 0 Å². The third kappa shape index (κ3) is 20.7. The van der Waals surface area contributed by atoms with Crippen molar-refractivity contribution in [2.45, 2.75) is 164 Å². The van der Waals surface area contributed by atoms with Crippen molar-refractivity contribution >= 4 is 12.0 Å². The van der Waals surface area contributed by atoms with Gasteiger partial charge in [0, 0.05) is 51.1 Å². The second kappa shape index (κ2) is 29.3. The molecule has 2 amide bonds. The quantitative estimate of drug-likeness (QED) is 0.176. The van der Waals surface area contributed by atoms with Crippen molar-refractivity contribution in [2.75, 3.05) is 20.2 Å². The van der Waals surface area contributed by atoms with E-state index in [9.17, 15) is 55.5 Å². The van der Waals surface area contributed by atoms with Gasteiger partial charge in [0.25, 0.3) is 0 Å². The normalized spacial score (nSPS) is 42.6. The minimum absolute atomic E-state index is 0.0581. The summed E-state index contributed by atoms with van der Waals surface area (Å²) in [5.74, 6) is -4.23. The Balaban J connectivity index is 1.87. The SMILES string of the molecule is CNC(=O)NCC1[C@@H]2C[C@@H](O[C@@H]3OC[C@@H](O)[C@H](N)[C@@H]3O)/C=C/C=C/C=C/C=C/C=C/C=C/C=C/[C@H](C)[C@@H](O)C[C@H](C)OC(=O)C[C@H](O)C[C@H](O)CC[C@@H](C)[C@H](O)C[C@H](O)C[C@](O)(C[C@@H]1O)O2. The van der Waals surface area contributed by atoms with Crippen LogP contribution < -0.4 is 16.4 Å². The minimum Gasteiger partial charge on any atom is -0.462 e. The molecule has 1 unspecified atom stereocenters. The van der Waals surface area contributed by atoms with Gasteiger partial charge in [-0.15, -0.1) is 0 Å². The fourth-order valence-corrected chi connectivity index (χ4v) is 7.97. The number of amides is 2. The molecule has 3 aliphatic heterocycles. The molecule has 66 heavy (non-hydrogen) atoms. The number of carbonyl (C=O) groups is 2. The van der Waals surface area contributed by atoms with Crippen LogP contribution in [0.1, 0.15) is 78.6 Å². The fourth-order valence-electron chi connectivity index (χ4n) is 7.97. The number of esters is 1. The Kier molecular flexibility index (Phi) is 25.2. The van der Waals surface area contributed by atoms with Crippen molar-refractivity contribution in [1.82, 2.24) is 10.6 Å². The highest BCUT2D eigenvalue weighted by Gasteiger charge is 2.48. The van der Waals surface area contributed by atoms with E-state index in [1.54, 1.807) is 44.2 Å². The number of urea groups is 1. The van der Waals surface area contributed by atoms with Crippen LogP contribution >= 0.6 is 0 Å². The number of nitrogens with one attached hydrogen (secondary N) is 2. The topological polar surface area (TPSA) is 303 Å². The van der Waals surface area contributed by atoms with Crippen LogP contribution in [0.4, 0.5) is 4.79 Å². The Morgan fingerprint density at radius 3 is 1.97 bits per heavy atom. The molecule has 0 aromatic carbocycles. The van der Waals surface area contributed by atoms with E-state index in [-0.39, 0.29) is 64.0 Å². The van der Waals surface area contributed by atoms with E-state index in [1.807, 2.05) is 61.6 Å². The lowest BCUT2D eigenvalue weighted by molar-refractivity contribution is -0.307. The molecule has 3 rings (SSSR count). The van der Waals surface area contributed by atoms with Crippen LogP contribution in [0.2, 0.25) is 0 Å². The summed E-state index contributed by atoms with van der Waals surface area (Å²) < 4.78 is 23.5.